The van der Waals surface area contributed by atoms with E-state index in [1.54, 1.807) is 0 Å². The number of nitrogens with two attached hydrogens (primary N) is 1. The Balaban J connectivity index is 4.01. The third-order valence-corrected chi connectivity index (χ3v) is 3.41. The van der Waals surface area contributed by atoms with Crippen LogP contribution in [0.2, 0.25) is 0 Å². The highest BCUT2D eigenvalue weighted by Gasteiger charge is 2.18. The Morgan fingerprint density at radius 2 is 1.81 bits per heavy atom. The molecule has 0 heterocycles. The Labute approximate surface area is 100 Å². The average Bonchev–Trinajstić information content (AvgIpc) is 2.27. The molecule has 3 nitrogen and oxygen atoms in total. The summed E-state index contributed by atoms with van der Waals surface area (Å²) < 4.78 is 0. The Morgan fingerprint density at radius 1 is 1.25 bits per heavy atom. The van der Waals surface area contributed by atoms with Crippen LogP contribution >= 0.6 is 0 Å². The summed E-state index contributed by atoms with van der Waals surface area (Å²) in [5, 5.41) is 3.11. The van der Waals surface area contributed by atoms with Crippen LogP contribution in [0.3, 0.4) is 0 Å². The van der Waals surface area contributed by atoms with Gasteiger partial charge in [0.05, 0.1) is 0 Å². The van der Waals surface area contributed by atoms with E-state index in [4.69, 9.17) is 5.73 Å². The van der Waals surface area contributed by atoms with Crippen LogP contribution in [0, 0.1) is 11.8 Å². The minimum atomic E-state index is 0.0837. The zero-order valence-electron chi connectivity index (χ0n) is 11.3. The van der Waals surface area contributed by atoms with E-state index in [0.717, 1.165) is 25.7 Å². The lowest BCUT2D eigenvalue weighted by Crippen LogP contribution is -2.40. The first-order chi connectivity index (χ1) is 7.56. The smallest absolute Gasteiger partial charge is 0.223 e. The van der Waals surface area contributed by atoms with Gasteiger partial charge in [-0.25, -0.2) is 0 Å². The van der Waals surface area contributed by atoms with E-state index in [-0.39, 0.29) is 17.9 Å². The van der Waals surface area contributed by atoms with Gasteiger partial charge in [0.25, 0.3) is 0 Å². The number of carbonyl (C=O) groups excluding carboxylic acids is 1. The molecule has 0 aromatic rings. The maximum absolute atomic E-state index is 11.8. The van der Waals surface area contributed by atoms with Crippen molar-refractivity contribution in [1.82, 2.24) is 5.32 Å². The zero-order chi connectivity index (χ0) is 12.6. The third kappa shape index (κ3) is 5.50. The second-order valence-electron chi connectivity index (χ2n) is 4.71. The van der Waals surface area contributed by atoms with Crippen LogP contribution in [0.4, 0.5) is 0 Å². The summed E-state index contributed by atoms with van der Waals surface area (Å²) in [4.78, 5) is 11.8. The molecule has 16 heavy (non-hydrogen) atoms. The minimum Gasteiger partial charge on any atom is -0.353 e. The molecule has 2 atom stereocenters. The van der Waals surface area contributed by atoms with Crippen LogP contribution in [0.1, 0.15) is 53.4 Å². The Morgan fingerprint density at radius 3 is 2.25 bits per heavy atom. The normalized spacial score (nSPS) is 14.9. The molecule has 0 saturated carbocycles. The topological polar surface area (TPSA) is 55.1 Å². The van der Waals surface area contributed by atoms with Gasteiger partial charge in [-0.05, 0) is 32.2 Å². The molecule has 3 heteroatoms. The van der Waals surface area contributed by atoms with Gasteiger partial charge < -0.3 is 11.1 Å². The molecule has 0 aliphatic heterocycles. The standard InChI is InChI=1S/C13H28N2O/c1-5-12(6-2)11(4)15-13(16)10(3)8-7-9-14/h10-12H,5-9,14H2,1-4H3,(H,15,16). The first-order valence-electron chi connectivity index (χ1n) is 6.57. The highest BCUT2D eigenvalue weighted by molar-refractivity contribution is 5.78. The average molecular weight is 228 g/mol. The summed E-state index contributed by atoms with van der Waals surface area (Å²) in [6, 6.07) is 0.280. The van der Waals surface area contributed by atoms with Gasteiger partial charge in [0.15, 0.2) is 0 Å². The second-order valence-corrected chi connectivity index (χ2v) is 4.71. The first-order valence-corrected chi connectivity index (χ1v) is 6.57. The minimum absolute atomic E-state index is 0.0837. The molecule has 1 amide bonds. The number of carbonyl (C=O) groups is 1. The molecule has 0 rings (SSSR count). The molecular formula is C13H28N2O. The molecule has 0 bridgehead atoms. The molecule has 0 aliphatic rings. The van der Waals surface area contributed by atoms with Crippen molar-refractivity contribution in [3.8, 4) is 0 Å². The third-order valence-electron chi connectivity index (χ3n) is 3.41. The van der Waals surface area contributed by atoms with Crippen molar-refractivity contribution in [3.05, 3.63) is 0 Å². The SMILES string of the molecule is CCC(CC)C(C)NC(=O)C(C)CCCN. The Kier molecular flexibility index (Phi) is 8.26. The number of amides is 1. The van der Waals surface area contributed by atoms with Gasteiger partial charge in [0.2, 0.25) is 5.91 Å². The molecule has 3 N–H and O–H groups in total. The molecule has 0 radical (unpaired) electrons. The van der Waals surface area contributed by atoms with Crippen LogP contribution in [0.5, 0.6) is 0 Å². The molecule has 0 aromatic carbocycles. The fourth-order valence-electron chi connectivity index (χ4n) is 2.04. The van der Waals surface area contributed by atoms with Gasteiger partial charge in [-0.15, -0.1) is 0 Å². The number of hydrogen-bond donors (Lipinski definition) is 2. The van der Waals surface area contributed by atoms with Gasteiger partial charge in [-0.1, -0.05) is 33.6 Å². The van der Waals surface area contributed by atoms with E-state index in [2.05, 4.69) is 26.1 Å². The van der Waals surface area contributed by atoms with E-state index in [1.165, 1.54) is 0 Å². The van der Waals surface area contributed by atoms with E-state index in [1.807, 2.05) is 6.92 Å². The van der Waals surface area contributed by atoms with E-state index in [9.17, 15) is 4.79 Å². The van der Waals surface area contributed by atoms with Gasteiger partial charge >= 0.3 is 0 Å². The van der Waals surface area contributed by atoms with E-state index in [0.29, 0.717) is 12.5 Å². The highest BCUT2D eigenvalue weighted by atomic mass is 16.1. The largest absolute Gasteiger partial charge is 0.353 e. The van der Waals surface area contributed by atoms with Crippen molar-refractivity contribution < 1.29 is 4.79 Å². The number of nitrogens with one attached hydrogen (secondary N) is 1. The summed E-state index contributed by atoms with van der Waals surface area (Å²) in [6.07, 6.45) is 4.05. The first kappa shape index (κ1) is 15.4. The van der Waals surface area contributed by atoms with Gasteiger partial charge in [0, 0.05) is 12.0 Å². The van der Waals surface area contributed by atoms with Crippen molar-refractivity contribution in [2.75, 3.05) is 6.54 Å². The van der Waals surface area contributed by atoms with Crippen LogP contribution in [-0.2, 0) is 4.79 Å². The summed E-state index contributed by atoms with van der Waals surface area (Å²) in [5.41, 5.74) is 5.44. The number of rotatable bonds is 8. The van der Waals surface area contributed by atoms with Crippen LogP contribution in [0.25, 0.3) is 0 Å². The molecule has 0 saturated heterocycles. The fraction of sp³-hybridized carbons (Fsp3) is 0.923. The Hall–Kier alpha value is -0.570. The quantitative estimate of drug-likeness (QED) is 0.670. The van der Waals surface area contributed by atoms with Gasteiger partial charge in [-0.3, -0.25) is 4.79 Å². The van der Waals surface area contributed by atoms with Crippen molar-refractivity contribution in [2.24, 2.45) is 17.6 Å². The van der Waals surface area contributed by atoms with Crippen LogP contribution in [-0.4, -0.2) is 18.5 Å². The summed E-state index contributed by atoms with van der Waals surface area (Å²) in [6.45, 7) is 9.10. The molecular weight excluding hydrogens is 200 g/mol. The van der Waals surface area contributed by atoms with Gasteiger partial charge in [0.1, 0.15) is 0 Å². The van der Waals surface area contributed by atoms with E-state index < -0.39 is 0 Å². The lowest BCUT2D eigenvalue weighted by atomic mass is 9.94. The maximum Gasteiger partial charge on any atom is 0.223 e. The van der Waals surface area contributed by atoms with Crippen molar-refractivity contribution in [2.45, 2.75) is 59.4 Å². The second kappa shape index (κ2) is 8.57. The fourth-order valence-corrected chi connectivity index (χ4v) is 2.04. The van der Waals surface area contributed by atoms with E-state index >= 15 is 0 Å². The molecule has 0 aliphatic carbocycles. The molecule has 0 spiro atoms. The molecule has 0 fully saturated rings. The van der Waals surface area contributed by atoms with Gasteiger partial charge in [-0.2, -0.15) is 0 Å². The van der Waals surface area contributed by atoms with Crippen molar-refractivity contribution in [3.63, 3.8) is 0 Å². The summed E-state index contributed by atoms with van der Waals surface area (Å²) in [5.74, 6) is 0.846. The predicted molar refractivity (Wildman–Crippen MR) is 69.1 cm³/mol. The molecule has 96 valence electrons. The summed E-state index contributed by atoms with van der Waals surface area (Å²) in [7, 11) is 0. The lowest BCUT2D eigenvalue weighted by Gasteiger charge is -2.24. The summed E-state index contributed by atoms with van der Waals surface area (Å²) >= 11 is 0. The lowest BCUT2D eigenvalue weighted by molar-refractivity contribution is -0.125. The highest BCUT2D eigenvalue weighted by Crippen LogP contribution is 2.14. The van der Waals surface area contributed by atoms with Crippen molar-refractivity contribution in [1.29, 1.82) is 0 Å². The Bertz CT molecular complexity index is 190. The monoisotopic (exact) mass is 228 g/mol. The van der Waals surface area contributed by atoms with Crippen LogP contribution in [0.15, 0.2) is 0 Å². The predicted octanol–water partition coefficient (Wildman–Crippen LogP) is 2.30. The molecule has 0 aromatic heterocycles. The van der Waals surface area contributed by atoms with Crippen molar-refractivity contribution >= 4 is 5.91 Å². The zero-order valence-corrected chi connectivity index (χ0v) is 11.3. The maximum atomic E-state index is 11.8. The molecule has 2 unspecified atom stereocenters. The van der Waals surface area contributed by atoms with Crippen LogP contribution < -0.4 is 11.1 Å². The number of hydrogen-bond acceptors (Lipinski definition) is 2.